The predicted octanol–water partition coefficient (Wildman–Crippen LogP) is 3.03. The largest absolute Gasteiger partial charge is 0.481 e. The van der Waals surface area contributed by atoms with E-state index in [0.29, 0.717) is 0 Å². The molecule has 0 saturated carbocycles. The number of aromatic nitrogens is 2. The van der Waals surface area contributed by atoms with Crippen molar-refractivity contribution in [3.63, 3.8) is 0 Å². The third-order valence-corrected chi connectivity index (χ3v) is 2.23. The van der Waals surface area contributed by atoms with Crippen LogP contribution in [0.2, 0.25) is 0 Å². The summed E-state index contributed by atoms with van der Waals surface area (Å²) < 4.78 is 0. The summed E-state index contributed by atoms with van der Waals surface area (Å²) in [4.78, 5) is 18.2. The van der Waals surface area contributed by atoms with Crippen LogP contribution < -0.4 is 0 Å². The summed E-state index contributed by atoms with van der Waals surface area (Å²) in [5.74, 6) is -0.769. The van der Waals surface area contributed by atoms with Gasteiger partial charge in [0.2, 0.25) is 0 Å². The molecular weight excluding hydrogens is 228 g/mol. The van der Waals surface area contributed by atoms with E-state index in [4.69, 9.17) is 5.11 Å². The minimum atomic E-state index is -0.769. The summed E-state index contributed by atoms with van der Waals surface area (Å²) in [7, 11) is 0. The average Bonchev–Trinajstić information content (AvgIpc) is 2.39. The number of allylic oxidation sites excluding steroid dienone is 1. The van der Waals surface area contributed by atoms with Crippen molar-refractivity contribution in [2.75, 3.05) is 0 Å². The molecule has 4 heteroatoms. The summed E-state index contributed by atoms with van der Waals surface area (Å²) >= 11 is 0. The number of nitrogens with zero attached hydrogens (tertiary/aromatic N) is 2. The van der Waals surface area contributed by atoms with Gasteiger partial charge in [-0.25, -0.2) is 0 Å². The Morgan fingerprint density at radius 1 is 1.11 bits per heavy atom. The Morgan fingerprint density at radius 2 is 1.61 bits per heavy atom. The Bertz CT molecular complexity index is 353. The monoisotopic (exact) mass is 250 g/mol. The Hall–Kier alpha value is -1.71. The second kappa shape index (κ2) is 10.4. The van der Waals surface area contributed by atoms with Gasteiger partial charge >= 0.3 is 5.97 Å². The summed E-state index contributed by atoms with van der Waals surface area (Å²) in [5, 5.41) is 8.09. The molecule has 1 aromatic heterocycles. The molecule has 1 N–H and O–H groups in total. The smallest absolute Gasteiger partial charge is 0.307 e. The van der Waals surface area contributed by atoms with E-state index in [2.05, 4.69) is 23.8 Å². The molecule has 0 aliphatic rings. The van der Waals surface area contributed by atoms with Gasteiger partial charge < -0.3 is 5.11 Å². The third kappa shape index (κ3) is 7.54. The van der Waals surface area contributed by atoms with Gasteiger partial charge in [0.05, 0.1) is 17.8 Å². The highest BCUT2D eigenvalue weighted by Gasteiger charge is 1.97. The van der Waals surface area contributed by atoms with Crippen LogP contribution in [0.1, 0.15) is 45.0 Å². The lowest BCUT2D eigenvalue weighted by atomic mass is 10.2. The Labute approximate surface area is 109 Å². The van der Waals surface area contributed by atoms with E-state index < -0.39 is 5.97 Å². The quantitative estimate of drug-likeness (QED) is 0.816. The lowest BCUT2D eigenvalue weighted by molar-refractivity contribution is -0.136. The summed E-state index contributed by atoms with van der Waals surface area (Å²) in [6.07, 6.45) is 10.0. The standard InChI is InChI=1S/C8H12N2.C6H10O2/c1-3-7-8(4-2)10-6-5-9-7;1-2-3-4-5-6(7)8/h5-6H,3-4H2,1-2H3;3-4H,2,5H2,1H3,(H,7,8)/b;4-3+. The number of rotatable bonds is 5. The molecule has 1 rings (SSSR count). The van der Waals surface area contributed by atoms with E-state index in [9.17, 15) is 4.79 Å². The molecule has 0 saturated heterocycles. The molecule has 0 atom stereocenters. The summed E-state index contributed by atoms with van der Waals surface area (Å²) in [6, 6.07) is 0. The second-order valence-electron chi connectivity index (χ2n) is 3.63. The number of aryl methyl sites for hydroxylation is 2. The highest BCUT2D eigenvalue weighted by Crippen LogP contribution is 2.01. The number of hydrogen-bond donors (Lipinski definition) is 1. The van der Waals surface area contributed by atoms with Gasteiger partial charge in [0.1, 0.15) is 0 Å². The molecule has 0 amide bonds. The Balaban J connectivity index is 0.000000331. The minimum Gasteiger partial charge on any atom is -0.481 e. The van der Waals surface area contributed by atoms with Gasteiger partial charge in [-0.15, -0.1) is 0 Å². The molecule has 0 aliphatic heterocycles. The van der Waals surface area contributed by atoms with Crippen molar-refractivity contribution in [2.45, 2.75) is 46.5 Å². The van der Waals surface area contributed by atoms with Crippen LogP contribution in [-0.4, -0.2) is 21.0 Å². The van der Waals surface area contributed by atoms with Gasteiger partial charge in [-0.05, 0) is 19.3 Å². The number of carboxylic acids is 1. The van der Waals surface area contributed by atoms with Crippen molar-refractivity contribution >= 4 is 5.97 Å². The van der Waals surface area contributed by atoms with Crippen LogP contribution in [0, 0.1) is 0 Å². The fourth-order valence-electron chi connectivity index (χ4n) is 1.34. The second-order valence-corrected chi connectivity index (χ2v) is 3.63. The molecule has 100 valence electrons. The van der Waals surface area contributed by atoms with E-state index in [0.717, 1.165) is 30.7 Å². The summed E-state index contributed by atoms with van der Waals surface area (Å²) in [5.41, 5.74) is 2.26. The number of carboxylic acid groups (broad SMARTS) is 1. The minimum absolute atomic E-state index is 0.147. The number of carbonyl (C=O) groups is 1. The van der Waals surface area contributed by atoms with Crippen molar-refractivity contribution in [1.29, 1.82) is 0 Å². The van der Waals surface area contributed by atoms with Crippen LogP contribution in [0.5, 0.6) is 0 Å². The molecule has 0 radical (unpaired) electrons. The van der Waals surface area contributed by atoms with Crippen LogP contribution in [-0.2, 0) is 17.6 Å². The molecule has 0 bridgehead atoms. The van der Waals surface area contributed by atoms with Gasteiger partial charge in [-0.1, -0.05) is 32.9 Å². The van der Waals surface area contributed by atoms with Gasteiger partial charge in [0.15, 0.2) is 0 Å². The van der Waals surface area contributed by atoms with Gasteiger partial charge in [-0.2, -0.15) is 0 Å². The van der Waals surface area contributed by atoms with E-state index in [1.807, 2.05) is 13.0 Å². The van der Waals surface area contributed by atoms with Crippen molar-refractivity contribution in [3.05, 3.63) is 35.9 Å². The summed E-state index contributed by atoms with van der Waals surface area (Å²) in [6.45, 7) is 6.17. The molecule has 0 aromatic carbocycles. The Morgan fingerprint density at radius 3 is 1.94 bits per heavy atom. The topological polar surface area (TPSA) is 63.1 Å². The maximum atomic E-state index is 9.82. The van der Waals surface area contributed by atoms with Gasteiger partial charge in [0, 0.05) is 12.4 Å². The van der Waals surface area contributed by atoms with Crippen LogP contribution >= 0.6 is 0 Å². The Kier molecular flexibility index (Phi) is 9.45. The molecule has 4 nitrogen and oxygen atoms in total. The predicted molar refractivity (Wildman–Crippen MR) is 72.5 cm³/mol. The average molecular weight is 250 g/mol. The van der Waals surface area contributed by atoms with E-state index in [1.54, 1.807) is 18.5 Å². The number of hydrogen-bond acceptors (Lipinski definition) is 3. The first-order valence-corrected chi connectivity index (χ1v) is 6.31. The zero-order valence-corrected chi connectivity index (χ0v) is 11.4. The third-order valence-electron chi connectivity index (χ3n) is 2.23. The first-order valence-electron chi connectivity index (χ1n) is 6.31. The molecule has 0 aliphatic carbocycles. The lowest BCUT2D eigenvalue weighted by Gasteiger charge is -1.99. The highest BCUT2D eigenvalue weighted by atomic mass is 16.4. The van der Waals surface area contributed by atoms with Crippen molar-refractivity contribution in [2.24, 2.45) is 0 Å². The normalized spacial score (nSPS) is 9.94. The molecule has 0 fully saturated rings. The van der Waals surface area contributed by atoms with Crippen LogP contribution in [0.25, 0.3) is 0 Å². The first-order chi connectivity index (χ1) is 8.65. The number of aliphatic carboxylic acids is 1. The molecular formula is C14H22N2O2. The maximum Gasteiger partial charge on any atom is 0.307 e. The zero-order valence-electron chi connectivity index (χ0n) is 11.4. The van der Waals surface area contributed by atoms with Gasteiger partial charge in [-0.3, -0.25) is 14.8 Å². The maximum absolute atomic E-state index is 9.82. The zero-order chi connectivity index (χ0) is 13.8. The fraction of sp³-hybridized carbons (Fsp3) is 0.500. The van der Waals surface area contributed by atoms with Crippen LogP contribution in [0.4, 0.5) is 0 Å². The van der Waals surface area contributed by atoms with Crippen molar-refractivity contribution in [1.82, 2.24) is 9.97 Å². The van der Waals surface area contributed by atoms with Crippen molar-refractivity contribution in [3.8, 4) is 0 Å². The van der Waals surface area contributed by atoms with E-state index in [1.165, 1.54) is 0 Å². The highest BCUT2D eigenvalue weighted by molar-refractivity contribution is 5.68. The fourth-order valence-corrected chi connectivity index (χ4v) is 1.34. The first kappa shape index (κ1) is 16.3. The van der Waals surface area contributed by atoms with Gasteiger partial charge in [0.25, 0.3) is 0 Å². The molecule has 18 heavy (non-hydrogen) atoms. The SMILES string of the molecule is CC/C=C/CC(=O)O.CCc1nccnc1CC. The molecule has 1 heterocycles. The lowest BCUT2D eigenvalue weighted by Crippen LogP contribution is -1.96. The van der Waals surface area contributed by atoms with E-state index >= 15 is 0 Å². The van der Waals surface area contributed by atoms with E-state index in [-0.39, 0.29) is 6.42 Å². The van der Waals surface area contributed by atoms with Crippen LogP contribution in [0.3, 0.4) is 0 Å². The molecule has 1 aromatic rings. The molecule has 0 spiro atoms. The van der Waals surface area contributed by atoms with Crippen molar-refractivity contribution < 1.29 is 9.90 Å². The van der Waals surface area contributed by atoms with Crippen LogP contribution in [0.15, 0.2) is 24.5 Å². The molecule has 0 unspecified atom stereocenters.